The van der Waals surface area contributed by atoms with Crippen LogP contribution in [0.4, 0.5) is 17.6 Å². The number of halogens is 4. The molecule has 0 amide bonds. The van der Waals surface area contributed by atoms with Gasteiger partial charge < -0.3 is 9.67 Å². The fourth-order valence-corrected chi connectivity index (χ4v) is 2.41. The molecule has 0 bridgehead atoms. The van der Waals surface area contributed by atoms with Gasteiger partial charge in [-0.25, -0.2) is 4.39 Å². The van der Waals surface area contributed by atoms with Crippen LogP contribution in [0.5, 0.6) is 0 Å². The van der Waals surface area contributed by atoms with E-state index >= 15 is 0 Å². The van der Waals surface area contributed by atoms with E-state index in [1.54, 1.807) is 7.05 Å². The van der Waals surface area contributed by atoms with Gasteiger partial charge in [0.25, 0.3) is 0 Å². The van der Waals surface area contributed by atoms with Gasteiger partial charge >= 0.3 is 6.18 Å². The molecule has 9 heteroatoms. The number of aromatic nitrogens is 3. The van der Waals surface area contributed by atoms with Crippen molar-refractivity contribution < 1.29 is 22.7 Å². The molecular weight excluding hydrogens is 310 g/mol. The highest BCUT2D eigenvalue weighted by atomic mass is 32.2. The van der Waals surface area contributed by atoms with E-state index in [0.29, 0.717) is 11.4 Å². The van der Waals surface area contributed by atoms with E-state index in [1.165, 1.54) is 28.8 Å². The quantitative estimate of drug-likeness (QED) is 0.695. The Hall–Kier alpha value is -1.61. The monoisotopic (exact) mass is 321 g/mol. The molecule has 4 nitrogen and oxygen atoms in total. The normalized spacial score (nSPS) is 13.4. The van der Waals surface area contributed by atoms with Crippen LogP contribution in [0, 0.1) is 5.82 Å². The first-order valence-electron chi connectivity index (χ1n) is 5.82. The molecule has 1 aromatic carbocycles. The lowest BCUT2D eigenvalue weighted by atomic mass is 10.2. The Morgan fingerprint density at radius 1 is 1.24 bits per heavy atom. The predicted octanol–water partition coefficient (Wildman–Crippen LogP) is 2.64. The van der Waals surface area contributed by atoms with Crippen molar-refractivity contribution in [1.29, 1.82) is 0 Å². The second kappa shape index (κ2) is 6.02. The molecule has 1 aromatic heterocycles. The molecule has 1 heterocycles. The van der Waals surface area contributed by atoms with Crippen molar-refractivity contribution in [2.75, 3.05) is 5.75 Å². The third-order valence-corrected chi connectivity index (χ3v) is 3.78. The van der Waals surface area contributed by atoms with Crippen LogP contribution in [0.15, 0.2) is 29.4 Å². The largest absolute Gasteiger partial charge is 0.415 e. The van der Waals surface area contributed by atoms with E-state index in [1.807, 2.05) is 0 Å². The third-order valence-electron chi connectivity index (χ3n) is 2.69. The average molecular weight is 321 g/mol. The van der Waals surface area contributed by atoms with Crippen LogP contribution in [0.2, 0.25) is 0 Å². The molecule has 0 radical (unpaired) electrons. The second-order valence-electron chi connectivity index (χ2n) is 4.24. The molecule has 0 aliphatic heterocycles. The fraction of sp³-hybridized carbons (Fsp3) is 0.333. The molecule has 1 N–H and O–H groups in total. The zero-order chi connectivity index (χ0) is 15.6. The second-order valence-corrected chi connectivity index (χ2v) is 5.23. The van der Waals surface area contributed by atoms with E-state index in [0.717, 1.165) is 11.8 Å². The number of hydrogen-bond donors (Lipinski definition) is 1. The van der Waals surface area contributed by atoms with Gasteiger partial charge in [0.1, 0.15) is 5.82 Å². The van der Waals surface area contributed by atoms with Gasteiger partial charge in [0.15, 0.2) is 17.1 Å². The molecule has 0 saturated heterocycles. The lowest BCUT2D eigenvalue weighted by molar-refractivity contribution is -0.195. The molecular formula is C12H11F4N3OS. The Morgan fingerprint density at radius 2 is 1.86 bits per heavy atom. The molecule has 21 heavy (non-hydrogen) atoms. The first-order chi connectivity index (χ1) is 9.79. The molecule has 0 aliphatic rings. The van der Waals surface area contributed by atoms with E-state index in [2.05, 4.69) is 10.2 Å². The van der Waals surface area contributed by atoms with E-state index in [-0.39, 0.29) is 5.16 Å². The number of thioether (sulfide) groups is 1. The Labute approximate surface area is 121 Å². The summed E-state index contributed by atoms with van der Waals surface area (Å²) in [6.07, 6.45) is -7.08. The van der Waals surface area contributed by atoms with E-state index < -0.39 is 23.9 Å². The average Bonchev–Trinajstić information content (AvgIpc) is 2.77. The van der Waals surface area contributed by atoms with Gasteiger partial charge in [-0.1, -0.05) is 11.8 Å². The minimum atomic E-state index is -4.66. The highest BCUT2D eigenvalue weighted by Crippen LogP contribution is 2.27. The summed E-state index contributed by atoms with van der Waals surface area (Å²) >= 11 is 0.746. The van der Waals surface area contributed by atoms with Gasteiger partial charge in [-0.15, -0.1) is 10.2 Å². The molecule has 1 unspecified atom stereocenters. The highest BCUT2D eigenvalue weighted by Gasteiger charge is 2.38. The first-order valence-corrected chi connectivity index (χ1v) is 6.80. The van der Waals surface area contributed by atoms with Gasteiger partial charge in [0.2, 0.25) is 0 Å². The molecule has 0 fully saturated rings. The van der Waals surface area contributed by atoms with Gasteiger partial charge in [-0.2, -0.15) is 13.2 Å². The Kier molecular flexibility index (Phi) is 4.52. The third kappa shape index (κ3) is 3.73. The lowest BCUT2D eigenvalue weighted by Gasteiger charge is -2.13. The van der Waals surface area contributed by atoms with Crippen LogP contribution in [0.1, 0.15) is 0 Å². The summed E-state index contributed by atoms with van der Waals surface area (Å²) in [6, 6.07) is 5.51. The standard InChI is InChI=1S/C12H11F4N3OS/c1-19-10(7-2-4-8(13)5-3-7)17-18-11(19)21-6-9(20)12(14,15)16/h2-5,9,20H,6H2,1H3. The lowest BCUT2D eigenvalue weighted by Crippen LogP contribution is -2.30. The van der Waals surface area contributed by atoms with Crippen molar-refractivity contribution in [3.63, 3.8) is 0 Å². The summed E-state index contributed by atoms with van der Waals surface area (Å²) in [5, 5.41) is 16.8. The van der Waals surface area contributed by atoms with E-state index in [4.69, 9.17) is 5.11 Å². The maximum atomic E-state index is 12.8. The summed E-state index contributed by atoms with van der Waals surface area (Å²) in [5.41, 5.74) is 0.592. The zero-order valence-electron chi connectivity index (χ0n) is 10.8. The van der Waals surface area contributed by atoms with E-state index in [9.17, 15) is 17.6 Å². The van der Waals surface area contributed by atoms with Gasteiger partial charge in [-0.05, 0) is 24.3 Å². The van der Waals surface area contributed by atoms with Crippen LogP contribution in [0.3, 0.4) is 0 Å². The fourth-order valence-electron chi connectivity index (χ4n) is 1.54. The number of rotatable bonds is 4. The van der Waals surface area contributed by atoms with Gasteiger partial charge in [-0.3, -0.25) is 0 Å². The van der Waals surface area contributed by atoms with Crippen molar-refractivity contribution >= 4 is 11.8 Å². The van der Waals surface area contributed by atoms with Gasteiger partial charge in [0, 0.05) is 18.4 Å². The van der Waals surface area contributed by atoms with Crippen LogP contribution in [-0.4, -0.2) is 37.9 Å². The Bertz CT molecular complexity index is 612. The van der Waals surface area contributed by atoms with Crippen molar-refractivity contribution in [3.05, 3.63) is 30.1 Å². The number of aliphatic hydroxyl groups excluding tert-OH is 1. The van der Waals surface area contributed by atoms with Crippen LogP contribution < -0.4 is 0 Å². The summed E-state index contributed by atoms with van der Waals surface area (Å²) in [4.78, 5) is 0. The smallest absolute Gasteiger partial charge is 0.383 e. The molecule has 2 rings (SSSR count). The molecule has 2 aromatic rings. The van der Waals surface area contributed by atoms with Crippen LogP contribution >= 0.6 is 11.8 Å². The number of aliphatic hydroxyl groups is 1. The topological polar surface area (TPSA) is 50.9 Å². The molecule has 0 spiro atoms. The SMILES string of the molecule is Cn1c(SCC(O)C(F)(F)F)nnc1-c1ccc(F)cc1. The highest BCUT2D eigenvalue weighted by molar-refractivity contribution is 7.99. The maximum absolute atomic E-state index is 12.8. The Morgan fingerprint density at radius 3 is 2.43 bits per heavy atom. The number of nitrogens with zero attached hydrogens (tertiary/aromatic N) is 3. The molecule has 0 saturated carbocycles. The predicted molar refractivity (Wildman–Crippen MR) is 69.2 cm³/mol. The minimum Gasteiger partial charge on any atom is -0.383 e. The van der Waals surface area contributed by atoms with Crippen molar-refractivity contribution in [2.45, 2.75) is 17.4 Å². The minimum absolute atomic E-state index is 0.234. The number of alkyl halides is 3. The number of hydrogen-bond acceptors (Lipinski definition) is 4. The van der Waals surface area contributed by atoms with Crippen LogP contribution in [-0.2, 0) is 7.05 Å². The summed E-state index contributed by atoms with van der Waals surface area (Å²) < 4.78 is 51.0. The Balaban J connectivity index is 2.12. The van der Waals surface area contributed by atoms with Crippen molar-refractivity contribution in [2.24, 2.45) is 7.05 Å². The number of benzene rings is 1. The summed E-state index contributed by atoms with van der Waals surface area (Å²) in [6.45, 7) is 0. The van der Waals surface area contributed by atoms with Crippen molar-refractivity contribution in [3.8, 4) is 11.4 Å². The molecule has 114 valence electrons. The first kappa shape index (κ1) is 15.8. The molecule has 0 aliphatic carbocycles. The summed E-state index contributed by atoms with van der Waals surface area (Å²) in [5.74, 6) is -0.568. The van der Waals surface area contributed by atoms with Crippen molar-refractivity contribution in [1.82, 2.24) is 14.8 Å². The van der Waals surface area contributed by atoms with Crippen LogP contribution in [0.25, 0.3) is 11.4 Å². The van der Waals surface area contributed by atoms with Gasteiger partial charge in [0.05, 0.1) is 0 Å². The molecule has 1 atom stereocenters. The zero-order valence-corrected chi connectivity index (χ0v) is 11.6. The summed E-state index contributed by atoms with van der Waals surface area (Å²) in [7, 11) is 1.58. The maximum Gasteiger partial charge on any atom is 0.415 e.